The standard InChI is InChI=1S/C16H20N4O5S/c1-4-19-14-7-6-12(26(23,24)18-11(3)25-9-8-17)10-13(14)15(21)20(5-2)16(19)22/h6-7,10-11,18H,4-5,9H2,1-3H3/t11-/m1/s1. The van der Waals surface area contributed by atoms with Crippen LogP contribution in [0.3, 0.4) is 0 Å². The molecule has 1 aromatic carbocycles. The quantitative estimate of drug-likeness (QED) is 0.692. The maximum Gasteiger partial charge on any atom is 0.331 e. The summed E-state index contributed by atoms with van der Waals surface area (Å²) in [6.45, 7) is 5.16. The highest BCUT2D eigenvalue weighted by Gasteiger charge is 2.20. The van der Waals surface area contributed by atoms with Crippen LogP contribution in [0.2, 0.25) is 0 Å². The van der Waals surface area contributed by atoms with Gasteiger partial charge in [-0.1, -0.05) is 0 Å². The third-order valence-electron chi connectivity index (χ3n) is 3.86. The number of nitriles is 1. The summed E-state index contributed by atoms with van der Waals surface area (Å²) in [6, 6.07) is 5.76. The van der Waals surface area contributed by atoms with Gasteiger partial charge in [0.05, 0.1) is 21.9 Å². The first-order valence-corrected chi connectivity index (χ1v) is 9.53. The van der Waals surface area contributed by atoms with Gasteiger partial charge in [0, 0.05) is 13.1 Å². The lowest BCUT2D eigenvalue weighted by Gasteiger charge is -2.15. The minimum Gasteiger partial charge on any atom is -0.348 e. The van der Waals surface area contributed by atoms with E-state index in [-0.39, 0.29) is 23.4 Å². The molecular weight excluding hydrogens is 360 g/mol. The Morgan fingerprint density at radius 3 is 2.46 bits per heavy atom. The van der Waals surface area contributed by atoms with Crippen molar-refractivity contribution in [1.29, 1.82) is 5.26 Å². The number of hydrogen-bond acceptors (Lipinski definition) is 6. The molecule has 1 N–H and O–H groups in total. The molecule has 0 unspecified atom stereocenters. The minimum absolute atomic E-state index is 0.126. The van der Waals surface area contributed by atoms with Crippen molar-refractivity contribution in [1.82, 2.24) is 13.9 Å². The number of hydrogen-bond donors (Lipinski definition) is 1. The topological polar surface area (TPSA) is 123 Å². The van der Waals surface area contributed by atoms with E-state index in [2.05, 4.69) is 4.72 Å². The lowest BCUT2D eigenvalue weighted by molar-refractivity contribution is 0.0834. The molecule has 9 nitrogen and oxygen atoms in total. The van der Waals surface area contributed by atoms with Crippen molar-refractivity contribution in [2.45, 2.75) is 45.0 Å². The Hall–Kier alpha value is -2.48. The van der Waals surface area contributed by atoms with E-state index in [0.29, 0.717) is 12.1 Å². The largest absolute Gasteiger partial charge is 0.348 e. The fourth-order valence-corrected chi connectivity index (χ4v) is 3.80. The van der Waals surface area contributed by atoms with Crippen LogP contribution < -0.4 is 16.0 Å². The molecule has 0 radical (unpaired) electrons. The van der Waals surface area contributed by atoms with E-state index in [4.69, 9.17) is 10.00 Å². The molecule has 0 fully saturated rings. The number of benzene rings is 1. The Bertz CT molecular complexity index is 1080. The molecule has 0 aliphatic heterocycles. The molecule has 10 heteroatoms. The van der Waals surface area contributed by atoms with Crippen molar-refractivity contribution in [3.8, 4) is 6.07 Å². The summed E-state index contributed by atoms with van der Waals surface area (Å²) in [4.78, 5) is 24.8. The van der Waals surface area contributed by atoms with E-state index in [1.165, 1.54) is 29.7 Å². The number of aryl methyl sites for hydroxylation is 1. The molecule has 1 atom stereocenters. The molecule has 0 aliphatic rings. The second kappa shape index (κ2) is 7.82. The number of sulfonamides is 1. The fraction of sp³-hybridized carbons (Fsp3) is 0.438. The van der Waals surface area contributed by atoms with Gasteiger partial charge >= 0.3 is 5.69 Å². The predicted octanol–water partition coefficient (Wildman–Crippen LogP) is 0.367. The predicted molar refractivity (Wildman–Crippen MR) is 95.2 cm³/mol. The Balaban J connectivity index is 2.60. The zero-order valence-electron chi connectivity index (χ0n) is 14.7. The molecule has 0 saturated carbocycles. The van der Waals surface area contributed by atoms with E-state index in [0.717, 1.165) is 4.57 Å². The van der Waals surface area contributed by atoms with Gasteiger partial charge in [0.2, 0.25) is 10.0 Å². The Kier molecular flexibility index (Phi) is 5.97. The van der Waals surface area contributed by atoms with Crippen LogP contribution in [-0.4, -0.2) is 30.4 Å². The lowest BCUT2D eigenvalue weighted by Crippen LogP contribution is -2.39. The molecule has 0 saturated heterocycles. The highest BCUT2D eigenvalue weighted by molar-refractivity contribution is 7.89. The average Bonchev–Trinajstić information content (AvgIpc) is 2.60. The van der Waals surface area contributed by atoms with Gasteiger partial charge in [-0.3, -0.25) is 13.9 Å². The van der Waals surface area contributed by atoms with Gasteiger partial charge in [0.15, 0.2) is 0 Å². The van der Waals surface area contributed by atoms with Gasteiger partial charge in [-0.25, -0.2) is 13.2 Å². The molecule has 2 aromatic rings. The van der Waals surface area contributed by atoms with Crippen molar-refractivity contribution in [3.05, 3.63) is 39.0 Å². The molecular formula is C16H20N4O5S. The van der Waals surface area contributed by atoms with Crippen molar-refractivity contribution < 1.29 is 13.2 Å². The number of fused-ring (bicyclic) bond motifs is 1. The molecule has 1 aromatic heterocycles. The first-order valence-electron chi connectivity index (χ1n) is 8.05. The fourth-order valence-electron chi connectivity index (χ4n) is 2.64. The Morgan fingerprint density at radius 1 is 1.23 bits per heavy atom. The molecule has 140 valence electrons. The SMILES string of the molecule is CCn1c(=O)c2cc(S(=O)(=O)N[C@@H](C)OCC#N)ccc2n(CC)c1=O. The maximum absolute atomic E-state index is 12.6. The highest BCUT2D eigenvalue weighted by atomic mass is 32.2. The third kappa shape index (κ3) is 3.70. The summed E-state index contributed by atoms with van der Waals surface area (Å²) in [5.41, 5.74) is -0.595. The Morgan fingerprint density at radius 2 is 1.88 bits per heavy atom. The van der Waals surface area contributed by atoms with E-state index in [9.17, 15) is 18.0 Å². The zero-order chi connectivity index (χ0) is 19.5. The molecule has 26 heavy (non-hydrogen) atoms. The highest BCUT2D eigenvalue weighted by Crippen LogP contribution is 2.16. The minimum atomic E-state index is -3.97. The molecule has 0 aliphatic carbocycles. The van der Waals surface area contributed by atoms with E-state index in [1.54, 1.807) is 19.9 Å². The Labute approximate surface area is 150 Å². The van der Waals surface area contributed by atoms with Gasteiger partial charge in [-0.05, 0) is 39.0 Å². The number of nitrogens with one attached hydrogen (secondary N) is 1. The van der Waals surface area contributed by atoms with Crippen molar-refractivity contribution in [2.75, 3.05) is 6.61 Å². The van der Waals surface area contributed by atoms with Gasteiger partial charge in [0.1, 0.15) is 12.8 Å². The normalized spacial score (nSPS) is 12.8. The van der Waals surface area contributed by atoms with Crippen LogP contribution in [0, 0.1) is 11.3 Å². The summed E-state index contributed by atoms with van der Waals surface area (Å²) in [5.74, 6) is 0. The monoisotopic (exact) mass is 380 g/mol. The lowest BCUT2D eigenvalue weighted by atomic mass is 10.2. The first-order chi connectivity index (χ1) is 12.3. The van der Waals surface area contributed by atoms with Crippen LogP contribution in [0.4, 0.5) is 0 Å². The van der Waals surface area contributed by atoms with Crippen LogP contribution in [0.15, 0.2) is 32.7 Å². The maximum atomic E-state index is 12.6. The van der Waals surface area contributed by atoms with E-state index in [1.807, 2.05) is 0 Å². The molecule has 2 rings (SSSR count). The van der Waals surface area contributed by atoms with E-state index < -0.39 is 27.5 Å². The summed E-state index contributed by atoms with van der Waals surface area (Å²) in [6.07, 6.45) is -0.910. The average molecular weight is 380 g/mol. The van der Waals surface area contributed by atoms with Gasteiger partial charge in [-0.2, -0.15) is 9.98 Å². The summed E-state index contributed by atoms with van der Waals surface area (Å²) >= 11 is 0. The van der Waals surface area contributed by atoms with Crippen LogP contribution in [0.1, 0.15) is 20.8 Å². The second-order valence-corrected chi connectivity index (χ2v) is 7.20. The molecule has 0 amide bonds. The van der Waals surface area contributed by atoms with E-state index >= 15 is 0 Å². The van der Waals surface area contributed by atoms with Crippen LogP contribution in [0.5, 0.6) is 0 Å². The van der Waals surface area contributed by atoms with Gasteiger partial charge < -0.3 is 4.74 Å². The van der Waals surface area contributed by atoms with Crippen LogP contribution in [-0.2, 0) is 27.8 Å². The second-order valence-electron chi connectivity index (χ2n) is 5.49. The van der Waals surface area contributed by atoms with Gasteiger partial charge in [0.25, 0.3) is 5.56 Å². The first kappa shape index (κ1) is 19.8. The number of ether oxygens (including phenoxy) is 1. The summed E-state index contributed by atoms with van der Waals surface area (Å²) in [5, 5.41) is 8.62. The smallest absolute Gasteiger partial charge is 0.331 e. The number of nitrogens with zero attached hydrogens (tertiary/aromatic N) is 3. The van der Waals surface area contributed by atoms with Crippen LogP contribution in [0.25, 0.3) is 10.9 Å². The summed E-state index contributed by atoms with van der Waals surface area (Å²) in [7, 11) is -3.97. The summed E-state index contributed by atoms with van der Waals surface area (Å²) < 4.78 is 34.7. The van der Waals surface area contributed by atoms with Gasteiger partial charge in [-0.15, -0.1) is 0 Å². The van der Waals surface area contributed by atoms with Crippen molar-refractivity contribution >= 4 is 20.9 Å². The third-order valence-corrected chi connectivity index (χ3v) is 5.37. The molecule has 1 heterocycles. The molecule has 0 bridgehead atoms. The number of aromatic nitrogens is 2. The van der Waals surface area contributed by atoms with Crippen molar-refractivity contribution in [3.63, 3.8) is 0 Å². The van der Waals surface area contributed by atoms with Crippen LogP contribution >= 0.6 is 0 Å². The van der Waals surface area contributed by atoms with Crippen molar-refractivity contribution in [2.24, 2.45) is 0 Å². The zero-order valence-corrected chi connectivity index (χ0v) is 15.5. The number of rotatable bonds is 7. The molecule has 0 spiro atoms.